The van der Waals surface area contributed by atoms with Gasteiger partial charge < -0.3 is 10.2 Å². The van der Waals surface area contributed by atoms with E-state index in [0.29, 0.717) is 5.92 Å². The van der Waals surface area contributed by atoms with Gasteiger partial charge in [0.15, 0.2) is 0 Å². The summed E-state index contributed by atoms with van der Waals surface area (Å²) in [6.07, 6.45) is 5.72. The molecule has 2 fully saturated rings. The van der Waals surface area contributed by atoms with Gasteiger partial charge in [-0.25, -0.2) is 0 Å². The molecule has 0 unspecified atom stereocenters. The van der Waals surface area contributed by atoms with Crippen molar-refractivity contribution in [2.75, 3.05) is 24.5 Å². The van der Waals surface area contributed by atoms with Crippen LogP contribution in [0.25, 0.3) is 0 Å². The summed E-state index contributed by atoms with van der Waals surface area (Å²) in [4.78, 5) is 13.9. The summed E-state index contributed by atoms with van der Waals surface area (Å²) in [6, 6.07) is 8.81. The molecule has 0 radical (unpaired) electrons. The van der Waals surface area contributed by atoms with Crippen LogP contribution < -0.4 is 10.2 Å². The number of amides is 1. The monoisotopic (exact) mass is 258 g/mol. The predicted octanol–water partition coefficient (Wildman–Crippen LogP) is 2.36. The second-order valence-electron chi connectivity index (χ2n) is 5.68. The van der Waals surface area contributed by atoms with Crippen molar-refractivity contribution in [3.8, 4) is 0 Å². The Morgan fingerprint density at radius 2 is 1.84 bits per heavy atom. The summed E-state index contributed by atoms with van der Waals surface area (Å²) >= 11 is 0. The van der Waals surface area contributed by atoms with Crippen molar-refractivity contribution >= 4 is 11.6 Å². The molecule has 19 heavy (non-hydrogen) atoms. The molecule has 1 aromatic carbocycles. The Morgan fingerprint density at radius 3 is 2.47 bits per heavy atom. The van der Waals surface area contributed by atoms with E-state index in [4.69, 9.17) is 0 Å². The Kier molecular flexibility index (Phi) is 3.72. The summed E-state index contributed by atoms with van der Waals surface area (Å²) in [5.74, 6) is 0.561. The molecule has 1 saturated heterocycles. The molecule has 0 spiro atoms. The average molecular weight is 258 g/mol. The first-order valence-electron chi connectivity index (χ1n) is 7.44. The molecule has 1 amide bonds. The lowest BCUT2D eigenvalue weighted by Crippen LogP contribution is -2.26. The van der Waals surface area contributed by atoms with Crippen LogP contribution in [0.15, 0.2) is 24.3 Å². The zero-order valence-corrected chi connectivity index (χ0v) is 11.4. The third-order valence-electron chi connectivity index (χ3n) is 4.07. The van der Waals surface area contributed by atoms with E-state index in [-0.39, 0.29) is 5.91 Å². The molecule has 102 valence electrons. The van der Waals surface area contributed by atoms with Crippen molar-refractivity contribution in [3.63, 3.8) is 0 Å². The summed E-state index contributed by atoms with van der Waals surface area (Å²) in [7, 11) is 0. The molecule has 3 rings (SSSR count). The first-order chi connectivity index (χ1) is 9.33. The minimum Gasteiger partial charge on any atom is -0.372 e. The number of hydrogen-bond donors (Lipinski definition) is 1. The van der Waals surface area contributed by atoms with Gasteiger partial charge in [-0.05, 0) is 49.8 Å². The zero-order chi connectivity index (χ0) is 13.1. The minimum atomic E-state index is 0.244. The smallest absolute Gasteiger partial charge is 0.223 e. The standard InChI is InChI=1S/C16H22N2O/c19-16(14-5-6-14)17-10-9-13-3-7-15(8-4-13)18-11-1-2-12-18/h3-4,7-8,14H,1-2,5-6,9-12H2,(H,17,19). The molecule has 1 heterocycles. The number of rotatable bonds is 5. The Labute approximate surface area is 115 Å². The largest absolute Gasteiger partial charge is 0.372 e. The van der Waals surface area contributed by atoms with Gasteiger partial charge in [-0.2, -0.15) is 0 Å². The van der Waals surface area contributed by atoms with Crippen LogP contribution in [0.5, 0.6) is 0 Å². The van der Waals surface area contributed by atoms with Crippen LogP contribution in [0, 0.1) is 5.92 Å². The molecule has 1 aliphatic carbocycles. The van der Waals surface area contributed by atoms with Crippen LogP contribution in [-0.4, -0.2) is 25.5 Å². The number of nitrogens with one attached hydrogen (secondary N) is 1. The average Bonchev–Trinajstić information content (AvgIpc) is 3.15. The highest BCUT2D eigenvalue weighted by Gasteiger charge is 2.28. The molecule has 2 aliphatic rings. The fourth-order valence-electron chi connectivity index (χ4n) is 2.67. The van der Waals surface area contributed by atoms with Crippen LogP contribution in [0.3, 0.4) is 0 Å². The van der Waals surface area contributed by atoms with E-state index in [0.717, 1.165) is 25.8 Å². The molecule has 0 atom stereocenters. The van der Waals surface area contributed by atoms with Crippen LogP contribution >= 0.6 is 0 Å². The van der Waals surface area contributed by atoms with E-state index in [9.17, 15) is 4.79 Å². The van der Waals surface area contributed by atoms with E-state index >= 15 is 0 Å². The second-order valence-corrected chi connectivity index (χ2v) is 5.68. The maximum absolute atomic E-state index is 11.5. The van der Waals surface area contributed by atoms with Gasteiger partial charge in [0.2, 0.25) is 5.91 Å². The fourth-order valence-corrected chi connectivity index (χ4v) is 2.67. The Balaban J connectivity index is 1.46. The molecule has 3 heteroatoms. The fraction of sp³-hybridized carbons (Fsp3) is 0.562. The van der Waals surface area contributed by atoms with E-state index in [1.807, 2.05) is 0 Å². The Bertz CT molecular complexity index is 431. The zero-order valence-electron chi connectivity index (χ0n) is 11.4. The van der Waals surface area contributed by atoms with E-state index < -0.39 is 0 Å². The maximum Gasteiger partial charge on any atom is 0.223 e. The number of nitrogens with zero attached hydrogens (tertiary/aromatic N) is 1. The summed E-state index contributed by atoms with van der Waals surface area (Å²) in [6.45, 7) is 3.14. The van der Waals surface area contributed by atoms with Crippen LogP contribution in [0.1, 0.15) is 31.2 Å². The first kappa shape index (κ1) is 12.5. The van der Waals surface area contributed by atoms with Crippen molar-refractivity contribution in [2.24, 2.45) is 5.92 Å². The first-order valence-corrected chi connectivity index (χ1v) is 7.44. The van der Waals surface area contributed by atoms with E-state index in [1.165, 1.54) is 37.2 Å². The van der Waals surface area contributed by atoms with Gasteiger partial charge in [0.05, 0.1) is 0 Å². The Hall–Kier alpha value is -1.51. The second kappa shape index (κ2) is 5.64. The van der Waals surface area contributed by atoms with Gasteiger partial charge >= 0.3 is 0 Å². The summed E-state index contributed by atoms with van der Waals surface area (Å²) < 4.78 is 0. The van der Waals surface area contributed by atoms with Crippen LogP contribution in [0.4, 0.5) is 5.69 Å². The number of anilines is 1. The topological polar surface area (TPSA) is 32.3 Å². The number of hydrogen-bond acceptors (Lipinski definition) is 2. The minimum absolute atomic E-state index is 0.244. The number of carbonyl (C=O) groups is 1. The molecule has 1 aliphatic heterocycles. The van der Waals surface area contributed by atoms with Crippen molar-refractivity contribution in [1.82, 2.24) is 5.32 Å². The molecule has 0 bridgehead atoms. The maximum atomic E-state index is 11.5. The molecule has 0 aromatic heterocycles. The molecule has 1 N–H and O–H groups in total. The third-order valence-corrected chi connectivity index (χ3v) is 4.07. The van der Waals surface area contributed by atoms with Crippen molar-refractivity contribution in [1.29, 1.82) is 0 Å². The molecular weight excluding hydrogens is 236 g/mol. The van der Waals surface area contributed by atoms with Gasteiger partial charge in [0, 0.05) is 31.2 Å². The van der Waals surface area contributed by atoms with Gasteiger partial charge in [0.25, 0.3) is 0 Å². The quantitative estimate of drug-likeness (QED) is 0.879. The summed E-state index contributed by atoms with van der Waals surface area (Å²) in [5.41, 5.74) is 2.64. The lowest BCUT2D eigenvalue weighted by atomic mass is 10.1. The van der Waals surface area contributed by atoms with Gasteiger partial charge in [-0.1, -0.05) is 12.1 Å². The molecular formula is C16H22N2O. The van der Waals surface area contributed by atoms with Crippen molar-refractivity contribution in [3.05, 3.63) is 29.8 Å². The highest BCUT2D eigenvalue weighted by Crippen LogP contribution is 2.28. The van der Waals surface area contributed by atoms with Gasteiger partial charge in [-0.3, -0.25) is 4.79 Å². The van der Waals surface area contributed by atoms with Crippen LogP contribution in [-0.2, 0) is 11.2 Å². The predicted molar refractivity (Wildman–Crippen MR) is 77.3 cm³/mol. The highest BCUT2D eigenvalue weighted by molar-refractivity contribution is 5.80. The van der Waals surface area contributed by atoms with Crippen molar-refractivity contribution in [2.45, 2.75) is 32.1 Å². The highest BCUT2D eigenvalue weighted by atomic mass is 16.2. The van der Waals surface area contributed by atoms with Crippen LogP contribution in [0.2, 0.25) is 0 Å². The van der Waals surface area contributed by atoms with E-state index in [1.54, 1.807) is 0 Å². The normalized spacial score (nSPS) is 18.6. The molecule has 1 aromatic rings. The van der Waals surface area contributed by atoms with Gasteiger partial charge in [-0.15, -0.1) is 0 Å². The number of benzene rings is 1. The molecule has 3 nitrogen and oxygen atoms in total. The molecule has 1 saturated carbocycles. The number of carbonyl (C=O) groups excluding carboxylic acids is 1. The summed E-state index contributed by atoms with van der Waals surface area (Å²) in [5, 5.41) is 3.01. The SMILES string of the molecule is O=C(NCCc1ccc(N2CCCC2)cc1)C1CC1. The lowest BCUT2D eigenvalue weighted by Gasteiger charge is -2.17. The van der Waals surface area contributed by atoms with Crippen molar-refractivity contribution < 1.29 is 4.79 Å². The lowest BCUT2D eigenvalue weighted by molar-refractivity contribution is -0.122. The Morgan fingerprint density at radius 1 is 1.16 bits per heavy atom. The third kappa shape index (κ3) is 3.28. The van der Waals surface area contributed by atoms with Gasteiger partial charge in [0.1, 0.15) is 0 Å². The van der Waals surface area contributed by atoms with E-state index in [2.05, 4.69) is 34.5 Å².